The quantitative estimate of drug-likeness (QED) is 0.808. The van der Waals surface area contributed by atoms with E-state index in [1.54, 1.807) is 12.1 Å². The van der Waals surface area contributed by atoms with Crippen molar-refractivity contribution in [3.63, 3.8) is 0 Å². The van der Waals surface area contributed by atoms with E-state index >= 15 is 0 Å². The Labute approximate surface area is 140 Å². The summed E-state index contributed by atoms with van der Waals surface area (Å²) < 4.78 is 0. The predicted octanol–water partition coefficient (Wildman–Crippen LogP) is 2.86. The van der Waals surface area contributed by atoms with E-state index in [9.17, 15) is 9.59 Å². The van der Waals surface area contributed by atoms with Crippen LogP contribution in [0.15, 0.2) is 54.6 Å². The van der Waals surface area contributed by atoms with Crippen LogP contribution in [-0.2, 0) is 4.79 Å². The summed E-state index contributed by atoms with van der Waals surface area (Å²) >= 11 is 0. The Morgan fingerprint density at radius 2 is 1.75 bits per heavy atom. The summed E-state index contributed by atoms with van der Waals surface area (Å²) in [5, 5.41) is 15.1. The summed E-state index contributed by atoms with van der Waals surface area (Å²) in [6.07, 6.45) is 2.00. The van der Waals surface area contributed by atoms with Gasteiger partial charge < -0.3 is 15.7 Å². The Hall–Kier alpha value is -2.66. The van der Waals surface area contributed by atoms with E-state index in [1.165, 1.54) is 12.1 Å². The van der Waals surface area contributed by atoms with Gasteiger partial charge >= 0.3 is 5.97 Å². The molecule has 1 amide bonds. The third-order valence-electron chi connectivity index (χ3n) is 4.37. The maximum Gasteiger partial charge on any atom is 0.335 e. The van der Waals surface area contributed by atoms with Crippen LogP contribution in [0.2, 0.25) is 0 Å². The zero-order chi connectivity index (χ0) is 16.9. The standard InChI is InChI=1S/C19H20N2O3/c22-18(21-15-10-8-14(9-11-15)19(23)24)17-16(7-4-12-20-17)13-5-2-1-3-6-13/h1-3,5-6,8-11,16-17,20H,4,7,12H2,(H,21,22)(H,23,24). The zero-order valence-corrected chi connectivity index (χ0v) is 13.2. The lowest BCUT2D eigenvalue weighted by atomic mass is 9.84. The minimum absolute atomic E-state index is 0.0911. The third-order valence-corrected chi connectivity index (χ3v) is 4.37. The smallest absolute Gasteiger partial charge is 0.335 e. The summed E-state index contributed by atoms with van der Waals surface area (Å²) in [4.78, 5) is 23.6. The van der Waals surface area contributed by atoms with Crippen molar-refractivity contribution in [2.75, 3.05) is 11.9 Å². The molecule has 5 nitrogen and oxygen atoms in total. The molecule has 2 aromatic rings. The normalized spacial score (nSPS) is 20.3. The van der Waals surface area contributed by atoms with E-state index < -0.39 is 5.97 Å². The summed E-state index contributed by atoms with van der Waals surface area (Å²) in [6.45, 7) is 0.819. The molecule has 0 radical (unpaired) electrons. The minimum Gasteiger partial charge on any atom is -0.478 e. The number of carbonyl (C=O) groups is 2. The fourth-order valence-corrected chi connectivity index (χ4v) is 3.14. The fourth-order valence-electron chi connectivity index (χ4n) is 3.14. The first-order valence-electron chi connectivity index (χ1n) is 8.08. The van der Waals surface area contributed by atoms with Crippen LogP contribution in [0.25, 0.3) is 0 Å². The van der Waals surface area contributed by atoms with E-state index in [-0.39, 0.29) is 23.4 Å². The van der Waals surface area contributed by atoms with Crippen LogP contribution in [0, 0.1) is 0 Å². The SMILES string of the molecule is O=C(O)c1ccc(NC(=O)C2NCCCC2c2ccccc2)cc1. The van der Waals surface area contributed by atoms with Crippen molar-refractivity contribution in [3.8, 4) is 0 Å². The molecule has 0 bridgehead atoms. The Kier molecular flexibility index (Phi) is 4.91. The molecule has 2 aromatic carbocycles. The highest BCUT2D eigenvalue weighted by atomic mass is 16.4. The van der Waals surface area contributed by atoms with Crippen LogP contribution in [0.5, 0.6) is 0 Å². The van der Waals surface area contributed by atoms with Gasteiger partial charge in [0.2, 0.25) is 5.91 Å². The van der Waals surface area contributed by atoms with Crippen LogP contribution in [0.4, 0.5) is 5.69 Å². The van der Waals surface area contributed by atoms with Gasteiger partial charge in [-0.3, -0.25) is 4.79 Å². The average molecular weight is 324 g/mol. The molecule has 1 heterocycles. The molecule has 2 atom stereocenters. The molecule has 2 unspecified atom stereocenters. The molecule has 3 rings (SSSR count). The highest BCUT2D eigenvalue weighted by Gasteiger charge is 2.31. The topological polar surface area (TPSA) is 78.4 Å². The molecule has 5 heteroatoms. The second-order valence-corrected chi connectivity index (χ2v) is 5.96. The van der Waals surface area contributed by atoms with Gasteiger partial charge in [-0.15, -0.1) is 0 Å². The van der Waals surface area contributed by atoms with Crippen molar-refractivity contribution in [1.29, 1.82) is 0 Å². The molecular formula is C19H20N2O3. The summed E-state index contributed by atoms with van der Waals surface area (Å²) in [7, 11) is 0. The van der Waals surface area contributed by atoms with Crippen molar-refractivity contribution >= 4 is 17.6 Å². The monoisotopic (exact) mass is 324 g/mol. The van der Waals surface area contributed by atoms with Crippen molar-refractivity contribution in [2.45, 2.75) is 24.8 Å². The van der Waals surface area contributed by atoms with E-state index in [0.29, 0.717) is 5.69 Å². The molecule has 0 spiro atoms. The number of carboxylic acids is 1. The molecule has 1 saturated heterocycles. The summed E-state index contributed by atoms with van der Waals surface area (Å²) in [6, 6.07) is 16.0. The van der Waals surface area contributed by atoms with Crippen LogP contribution in [0.1, 0.15) is 34.7 Å². The van der Waals surface area contributed by atoms with E-state index in [0.717, 1.165) is 24.9 Å². The summed E-state index contributed by atoms with van der Waals surface area (Å²) in [5.74, 6) is -0.934. The fraction of sp³-hybridized carbons (Fsp3) is 0.263. The molecular weight excluding hydrogens is 304 g/mol. The number of hydrogen-bond donors (Lipinski definition) is 3. The van der Waals surface area contributed by atoms with E-state index in [1.807, 2.05) is 18.2 Å². The Morgan fingerprint density at radius 1 is 1.04 bits per heavy atom. The molecule has 1 fully saturated rings. The van der Waals surface area contributed by atoms with Gasteiger partial charge in [-0.05, 0) is 49.2 Å². The van der Waals surface area contributed by atoms with Gasteiger partial charge in [-0.25, -0.2) is 4.79 Å². The number of benzene rings is 2. The van der Waals surface area contributed by atoms with Crippen molar-refractivity contribution in [2.24, 2.45) is 0 Å². The Balaban J connectivity index is 1.73. The second-order valence-electron chi connectivity index (χ2n) is 5.96. The number of nitrogens with one attached hydrogen (secondary N) is 2. The number of carboxylic acid groups (broad SMARTS) is 1. The van der Waals surface area contributed by atoms with Gasteiger partial charge in [0.15, 0.2) is 0 Å². The van der Waals surface area contributed by atoms with Gasteiger partial charge in [0.25, 0.3) is 0 Å². The van der Waals surface area contributed by atoms with Gasteiger partial charge in [0.05, 0.1) is 11.6 Å². The average Bonchev–Trinajstić information content (AvgIpc) is 2.63. The van der Waals surface area contributed by atoms with Gasteiger partial charge in [-0.2, -0.15) is 0 Å². The number of anilines is 1. The summed E-state index contributed by atoms with van der Waals surface area (Å²) in [5.41, 5.74) is 1.96. The van der Waals surface area contributed by atoms with E-state index in [2.05, 4.69) is 22.8 Å². The number of carbonyl (C=O) groups excluding carboxylic acids is 1. The van der Waals surface area contributed by atoms with Crippen LogP contribution < -0.4 is 10.6 Å². The third kappa shape index (κ3) is 3.63. The highest BCUT2D eigenvalue weighted by molar-refractivity contribution is 5.96. The highest BCUT2D eigenvalue weighted by Crippen LogP contribution is 2.28. The first-order chi connectivity index (χ1) is 11.6. The molecule has 124 valence electrons. The largest absolute Gasteiger partial charge is 0.478 e. The predicted molar refractivity (Wildman–Crippen MR) is 92.2 cm³/mol. The Morgan fingerprint density at radius 3 is 2.42 bits per heavy atom. The lowest BCUT2D eigenvalue weighted by Crippen LogP contribution is -2.48. The number of piperidine rings is 1. The first kappa shape index (κ1) is 16.2. The van der Waals surface area contributed by atoms with Crippen molar-refractivity contribution in [1.82, 2.24) is 5.32 Å². The molecule has 24 heavy (non-hydrogen) atoms. The Bertz CT molecular complexity index is 713. The van der Waals surface area contributed by atoms with Crippen molar-refractivity contribution < 1.29 is 14.7 Å². The van der Waals surface area contributed by atoms with Crippen LogP contribution in [0.3, 0.4) is 0 Å². The second kappa shape index (κ2) is 7.27. The molecule has 0 saturated carbocycles. The molecule has 1 aliphatic heterocycles. The van der Waals surface area contributed by atoms with Gasteiger partial charge in [-0.1, -0.05) is 30.3 Å². The number of hydrogen-bond acceptors (Lipinski definition) is 3. The van der Waals surface area contributed by atoms with Gasteiger partial charge in [0.1, 0.15) is 0 Å². The maximum atomic E-state index is 12.7. The molecule has 0 aromatic heterocycles. The lowest BCUT2D eigenvalue weighted by molar-refractivity contribution is -0.119. The number of aromatic carboxylic acids is 1. The molecule has 3 N–H and O–H groups in total. The number of rotatable bonds is 4. The minimum atomic E-state index is -0.981. The maximum absolute atomic E-state index is 12.7. The van der Waals surface area contributed by atoms with E-state index in [4.69, 9.17) is 5.11 Å². The van der Waals surface area contributed by atoms with Crippen LogP contribution in [-0.4, -0.2) is 29.6 Å². The number of amides is 1. The first-order valence-corrected chi connectivity index (χ1v) is 8.08. The molecule has 1 aliphatic rings. The van der Waals surface area contributed by atoms with Crippen molar-refractivity contribution in [3.05, 3.63) is 65.7 Å². The van der Waals surface area contributed by atoms with Crippen LogP contribution >= 0.6 is 0 Å². The lowest BCUT2D eigenvalue weighted by Gasteiger charge is -2.32. The zero-order valence-electron chi connectivity index (χ0n) is 13.2. The molecule has 0 aliphatic carbocycles. The van der Waals surface area contributed by atoms with Gasteiger partial charge in [0, 0.05) is 11.6 Å².